The summed E-state index contributed by atoms with van der Waals surface area (Å²) in [5, 5.41) is 12.6. The van der Waals surface area contributed by atoms with Crippen molar-refractivity contribution in [1.82, 2.24) is 10.3 Å². The van der Waals surface area contributed by atoms with Gasteiger partial charge in [-0.15, -0.1) is 0 Å². The first-order valence-corrected chi connectivity index (χ1v) is 7.36. The zero-order valence-electron chi connectivity index (χ0n) is 11.4. The molecule has 21 heavy (non-hydrogen) atoms. The lowest BCUT2D eigenvalue weighted by Crippen LogP contribution is -2.54. The predicted molar refractivity (Wildman–Crippen MR) is 77.7 cm³/mol. The SMILES string of the molecule is O=C1CCC2CN(c3nc(Cl)ccc3C(=O)O)CCC2N1. The molecule has 2 N–H and O–H groups in total. The Labute approximate surface area is 127 Å². The topological polar surface area (TPSA) is 82.5 Å². The monoisotopic (exact) mass is 309 g/mol. The van der Waals surface area contributed by atoms with Gasteiger partial charge in [-0.05, 0) is 30.9 Å². The van der Waals surface area contributed by atoms with Crippen LogP contribution < -0.4 is 10.2 Å². The van der Waals surface area contributed by atoms with Gasteiger partial charge in [0.25, 0.3) is 0 Å². The van der Waals surface area contributed by atoms with Gasteiger partial charge in [-0.2, -0.15) is 0 Å². The van der Waals surface area contributed by atoms with E-state index in [0.29, 0.717) is 31.2 Å². The molecule has 3 heterocycles. The summed E-state index contributed by atoms with van der Waals surface area (Å²) in [5.41, 5.74) is 0.165. The lowest BCUT2D eigenvalue weighted by molar-refractivity contribution is -0.124. The van der Waals surface area contributed by atoms with E-state index in [0.717, 1.165) is 12.8 Å². The van der Waals surface area contributed by atoms with Gasteiger partial charge in [-0.1, -0.05) is 11.6 Å². The number of nitrogens with zero attached hydrogens (tertiary/aromatic N) is 2. The minimum absolute atomic E-state index is 0.108. The van der Waals surface area contributed by atoms with E-state index < -0.39 is 5.97 Å². The number of hydrogen-bond donors (Lipinski definition) is 2. The number of rotatable bonds is 2. The molecule has 0 saturated carbocycles. The minimum Gasteiger partial charge on any atom is -0.478 e. The highest BCUT2D eigenvalue weighted by atomic mass is 35.5. The molecule has 0 aliphatic carbocycles. The van der Waals surface area contributed by atoms with Crippen LogP contribution in [0.5, 0.6) is 0 Å². The smallest absolute Gasteiger partial charge is 0.339 e. The second-order valence-electron chi connectivity index (χ2n) is 5.52. The highest BCUT2D eigenvalue weighted by molar-refractivity contribution is 6.29. The Hall–Kier alpha value is -1.82. The summed E-state index contributed by atoms with van der Waals surface area (Å²) in [6.45, 7) is 1.35. The molecule has 2 saturated heterocycles. The average molecular weight is 310 g/mol. The molecule has 7 heteroatoms. The number of carbonyl (C=O) groups is 2. The molecule has 1 amide bonds. The van der Waals surface area contributed by atoms with Crippen LogP contribution in [0.25, 0.3) is 0 Å². The standard InChI is InChI=1S/C14H16ClN3O3/c15-11-3-2-9(14(20)21)13(17-11)18-6-5-10-8(7-18)1-4-12(19)16-10/h2-3,8,10H,1,4-7H2,(H,16,19)(H,20,21). The Morgan fingerprint density at radius 2 is 2.24 bits per heavy atom. The number of carbonyl (C=O) groups excluding carboxylic acids is 1. The van der Waals surface area contributed by atoms with Crippen LogP contribution in [0.2, 0.25) is 5.15 Å². The summed E-state index contributed by atoms with van der Waals surface area (Å²) in [6, 6.07) is 3.17. The van der Waals surface area contributed by atoms with E-state index in [2.05, 4.69) is 10.3 Å². The Morgan fingerprint density at radius 3 is 3.00 bits per heavy atom. The quantitative estimate of drug-likeness (QED) is 0.810. The molecule has 0 radical (unpaired) electrons. The molecule has 0 aromatic carbocycles. The van der Waals surface area contributed by atoms with Crippen molar-refractivity contribution >= 4 is 29.3 Å². The van der Waals surface area contributed by atoms with Crippen molar-refractivity contribution in [2.24, 2.45) is 5.92 Å². The summed E-state index contributed by atoms with van der Waals surface area (Å²) in [6.07, 6.45) is 2.16. The number of pyridine rings is 1. The molecule has 2 aliphatic heterocycles. The summed E-state index contributed by atoms with van der Waals surface area (Å²) < 4.78 is 0. The first-order chi connectivity index (χ1) is 10.0. The molecule has 1 aromatic heterocycles. The normalized spacial score (nSPS) is 25.2. The van der Waals surface area contributed by atoms with Crippen LogP contribution in [0.1, 0.15) is 29.6 Å². The molecule has 1 aromatic rings. The number of aromatic nitrogens is 1. The molecule has 0 spiro atoms. The van der Waals surface area contributed by atoms with Gasteiger partial charge in [-0.3, -0.25) is 4.79 Å². The maximum Gasteiger partial charge on any atom is 0.339 e. The van der Waals surface area contributed by atoms with E-state index in [1.165, 1.54) is 12.1 Å². The molecular formula is C14H16ClN3O3. The number of carboxylic acids is 1. The molecule has 0 bridgehead atoms. The Morgan fingerprint density at radius 1 is 1.43 bits per heavy atom. The first kappa shape index (κ1) is 14.1. The number of carboxylic acid groups (broad SMARTS) is 1. The van der Waals surface area contributed by atoms with Crippen LogP contribution in [0.15, 0.2) is 12.1 Å². The maximum absolute atomic E-state index is 11.4. The Bertz CT molecular complexity index is 593. The van der Waals surface area contributed by atoms with Gasteiger partial charge in [-0.25, -0.2) is 9.78 Å². The first-order valence-electron chi connectivity index (χ1n) is 6.99. The molecule has 2 atom stereocenters. The third-order valence-electron chi connectivity index (χ3n) is 4.19. The van der Waals surface area contributed by atoms with Crippen molar-refractivity contribution in [3.63, 3.8) is 0 Å². The predicted octanol–water partition coefficient (Wildman–Crippen LogP) is 1.54. The van der Waals surface area contributed by atoms with E-state index in [9.17, 15) is 14.7 Å². The van der Waals surface area contributed by atoms with Crippen LogP contribution in [0.4, 0.5) is 5.82 Å². The summed E-state index contributed by atoms with van der Waals surface area (Å²) in [7, 11) is 0. The van der Waals surface area contributed by atoms with E-state index >= 15 is 0 Å². The summed E-state index contributed by atoms with van der Waals surface area (Å²) >= 11 is 5.91. The van der Waals surface area contributed by atoms with Crippen LogP contribution in [0, 0.1) is 5.92 Å². The summed E-state index contributed by atoms with van der Waals surface area (Å²) in [5.74, 6) is -0.144. The van der Waals surface area contributed by atoms with Crippen molar-refractivity contribution in [2.45, 2.75) is 25.3 Å². The molecular weight excluding hydrogens is 294 g/mol. The van der Waals surface area contributed by atoms with Crippen molar-refractivity contribution in [2.75, 3.05) is 18.0 Å². The van der Waals surface area contributed by atoms with Crippen molar-refractivity contribution in [3.8, 4) is 0 Å². The fourth-order valence-corrected chi connectivity index (χ4v) is 3.28. The van der Waals surface area contributed by atoms with Crippen LogP contribution >= 0.6 is 11.6 Å². The number of halogens is 1. The van der Waals surface area contributed by atoms with Gasteiger partial charge >= 0.3 is 5.97 Å². The van der Waals surface area contributed by atoms with Crippen molar-refractivity contribution in [1.29, 1.82) is 0 Å². The van der Waals surface area contributed by atoms with E-state index in [4.69, 9.17) is 11.6 Å². The fraction of sp³-hybridized carbons (Fsp3) is 0.500. The van der Waals surface area contributed by atoms with E-state index in [-0.39, 0.29) is 22.7 Å². The number of anilines is 1. The highest BCUT2D eigenvalue weighted by Gasteiger charge is 2.35. The maximum atomic E-state index is 11.4. The number of aromatic carboxylic acids is 1. The largest absolute Gasteiger partial charge is 0.478 e. The third kappa shape index (κ3) is 2.81. The molecule has 112 valence electrons. The minimum atomic E-state index is -1.01. The molecule has 2 fully saturated rings. The van der Waals surface area contributed by atoms with Crippen LogP contribution in [-0.2, 0) is 4.79 Å². The van der Waals surface area contributed by atoms with E-state index in [1.54, 1.807) is 0 Å². The van der Waals surface area contributed by atoms with Gasteiger partial charge in [0.1, 0.15) is 16.5 Å². The number of hydrogen-bond acceptors (Lipinski definition) is 4. The number of amides is 1. The number of piperidine rings is 2. The lowest BCUT2D eigenvalue weighted by Gasteiger charge is -2.42. The molecule has 2 aliphatic rings. The van der Waals surface area contributed by atoms with Gasteiger partial charge in [0, 0.05) is 25.6 Å². The van der Waals surface area contributed by atoms with Gasteiger partial charge in [0.15, 0.2) is 0 Å². The van der Waals surface area contributed by atoms with E-state index in [1.807, 2.05) is 4.90 Å². The van der Waals surface area contributed by atoms with Crippen LogP contribution in [-0.4, -0.2) is 41.1 Å². The van der Waals surface area contributed by atoms with Gasteiger partial charge < -0.3 is 15.3 Å². The fourth-order valence-electron chi connectivity index (χ4n) is 3.14. The van der Waals surface area contributed by atoms with Crippen molar-refractivity contribution < 1.29 is 14.7 Å². The second kappa shape index (κ2) is 5.52. The number of nitrogens with one attached hydrogen (secondary N) is 1. The van der Waals surface area contributed by atoms with Crippen LogP contribution in [0.3, 0.4) is 0 Å². The van der Waals surface area contributed by atoms with Gasteiger partial charge in [0.05, 0.1) is 0 Å². The lowest BCUT2D eigenvalue weighted by atomic mass is 9.85. The number of fused-ring (bicyclic) bond motifs is 1. The highest BCUT2D eigenvalue weighted by Crippen LogP contribution is 2.30. The average Bonchev–Trinajstić information content (AvgIpc) is 2.46. The van der Waals surface area contributed by atoms with Crippen molar-refractivity contribution in [3.05, 3.63) is 22.8 Å². The summed E-state index contributed by atoms with van der Waals surface area (Å²) in [4.78, 5) is 28.9. The Balaban J connectivity index is 1.84. The zero-order valence-corrected chi connectivity index (χ0v) is 12.1. The van der Waals surface area contributed by atoms with Gasteiger partial charge in [0.2, 0.25) is 5.91 Å². The zero-order chi connectivity index (χ0) is 15.0. The Kier molecular flexibility index (Phi) is 3.71. The molecule has 3 rings (SSSR count). The third-order valence-corrected chi connectivity index (χ3v) is 4.40. The second-order valence-corrected chi connectivity index (χ2v) is 5.90. The molecule has 2 unspecified atom stereocenters. The molecule has 6 nitrogen and oxygen atoms in total.